The number of hydrogen-bond acceptors (Lipinski definition) is 7. The van der Waals surface area contributed by atoms with Crippen LogP contribution < -0.4 is 5.56 Å². The van der Waals surface area contributed by atoms with Gasteiger partial charge in [-0.2, -0.15) is 15.2 Å². The third-order valence-electron chi connectivity index (χ3n) is 8.46. The number of benzene rings is 1. The van der Waals surface area contributed by atoms with Gasteiger partial charge in [-0.1, -0.05) is 44.5 Å². The SMILES string of the molecule is CCCCc1c(Cc2ccc(-c3ccccc3C#N)nc2)c(=O)n(C2CCC(CC)(OOC(C)=O)CC2)c2ccnn12. The maximum atomic E-state index is 14.4. The monoisotopic (exact) mass is 567 g/mol. The van der Waals surface area contributed by atoms with Crippen molar-refractivity contribution in [2.45, 2.75) is 90.2 Å². The quantitative estimate of drug-likeness (QED) is 0.168. The second-order valence-corrected chi connectivity index (χ2v) is 11.1. The Bertz CT molecular complexity index is 1660. The highest BCUT2D eigenvalue weighted by Gasteiger charge is 2.38. The van der Waals surface area contributed by atoms with Crippen LogP contribution in [0.3, 0.4) is 0 Å². The Morgan fingerprint density at radius 3 is 2.60 bits per heavy atom. The molecular formula is C33H37N5O4. The fraction of sp³-hybridized carbons (Fsp3) is 0.424. The van der Waals surface area contributed by atoms with E-state index in [0.717, 1.165) is 65.8 Å². The summed E-state index contributed by atoms with van der Waals surface area (Å²) in [5, 5.41) is 14.2. The molecule has 0 aliphatic heterocycles. The Labute approximate surface area is 245 Å². The van der Waals surface area contributed by atoms with Gasteiger partial charge in [0.05, 0.1) is 29.2 Å². The molecule has 0 saturated heterocycles. The zero-order valence-electron chi connectivity index (χ0n) is 24.5. The Hall–Kier alpha value is -4.29. The Morgan fingerprint density at radius 1 is 1.14 bits per heavy atom. The summed E-state index contributed by atoms with van der Waals surface area (Å²) in [6.07, 6.45) is 10.2. The molecule has 1 saturated carbocycles. The summed E-state index contributed by atoms with van der Waals surface area (Å²) in [5.74, 6) is -0.466. The molecule has 0 bridgehead atoms. The van der Waals surface area contributed by atoms with Gasteiger partial charge in [0, 0.05) is 42.8 Å². The van der Waals surface area contributed by atoms with Crippen molar-refractivity contribution in [2.75, 3.05) is 0 Å². The lowest BCUT2D eigenvalue weighted by atomic mass is 9.80. The van der Waals surface area contributed by atoms with Gasteiger partial charge >= 0.3 is 5.97 Å². The van der Waals surface area contributed by atoms with E-state index in [-0.39, 0.29) is 11.6 Å². The fourth-order valence-electron chi connectivity index (χ4n) is 6.05. The summed E-state index contributed by atoms with van der Waals surface area (Å²) < 4.78 is 3.85. The maximum Gasteiger partial charge on any atom is 0.339 e. The molecule has 1 aliphatic carbocycles. The molecule has 3 aromatic heterocycles. The molecule has 0 unspecified atom stereocenters. The smallest absolute Gasteiger partial charge is 0.298 e. The minimum atomic E-state index is -0.538. The lowest BCUT2D eigenvalue weighted by Crippen LogP contribution is -2.40. The van der Waals surface area contributed by atoms with E-state index in [1.54, 1.807) is 18.5 Å². The van der Waals surface area contributed by atoms with Crippen LogP contribution in [0, 0.1) is 11.3 Å². The Morgan fingerprint density at radius 2 is 1.93 bits per heavy atom. The number of nitrogens with zero attached hydrogens (tertiary/aromatic N) is 5. The average Bonchev–Trinajstić information content (AvgIpc) is 3.50. The van der Waals surface area contributed by atoms with Gasteiger partial charge in [0.25, 0.3) is 5.56 Å². The minimum Gasteiger partial charge on any atom is -0.298 e. The first-order valence-corrected chi connectivity index (χ1v) is 14.8. The van der Waals surface area contributed by atoms with E-state index in [4.69, 9.17) is 9.78 Å². The van der Waals surface area contributed by atoms with Crippen LogP contribution in [0.5, 0.6) is 0 Å². The first-order valence-electron chi connectivity index (χ1n) is 14.8. The van der Waals surface area contributed by atoms with Crippen molar-refractivity contribution in [2.24, 2.45) is 0 Å². The van der Waals surface area contributed by atoms with Crippen LogP contribution in [0.25, 0.3) is 16.9 Å². The number of unbranched alkanes of at least 4 members (excludes halogenated alkanes) is 1. The molecule has 0 radical (unpaired) electrons. The van der Waals surface area contributed by atoms with Crippen LogP contribution in [0.4, 0.5) is 0 Å². The molecule has 9 heteroatoms. The lowest BCUT2D eigenvalue weighted by Gasteiger charge is -2.38. The van der Waals surface area contributed by atoms with Crippen LogP contribution in [0.1, 0.15) is 94.1 Å². The number of hydrogen-bond donors (Lipinski definition) is 0. The van der Waals surface area contributed by atoms with Gasteiger partial charge in [-0.15, -0.1) is 0 Å². The van der Waals surface area contributed by atoms with Gasteiger partial charge in [0.2, 0.25) is 0 Å². The van der Waals surface area contributed by atoms with E-state index in [9.17, 15) is 14.9 Å². The number of pyridine rings is 1. The molecule has 0 N–H and O–H groups in total. The van der Waals surface area contributed by atoms with Crippen LogP contribution in [0.15, 0.2) is 59.7 Å². The van der Waals surface area contributed by atoms with Crippen LogP contribution in [0.2, 0.25) is 0 Å². The highest BCUT2D eigenvalue weighted by molar-refractivity contribution is 5.67. The topological polar surface area (TPSA) is 112 Å². The molecule has 0 amide bonds. The highest BCUT2D eigenvalue weighted by atomic mass is 17.2. The molecular weight excluding hydrogens is 530 g/mol. The molecule has 9 nitrogen and oxygen atoms in total. The molecule has 5 rings (SSSR count). The Kier molecular flexibility index (Phi) is 8.83. The van der Waals surface area contributed by atoms with E-state index >= 15 is 0 Å². The number of carbonyl (C=O) groups excluding carboxylic acids is 1. The number of aryl methyl sites for hydroxylation is 1. The number of fused-ring (bicyclic) bond motifs is 1. The fourth-order valence-corrected chi connectivity index (χ4v) is 6.05. The van der Waals surface area contributed by atoms with Gasteiger partial charge < -0.3 is 0 Å². The highest BCUT2D eigenvalue weighted by Crippen LogP contribution is 2.40. The third-order valence-corrected chi connectivity index (χ3v) is 8.46. The van der Waals surface area contributed by atoms with E-state index < -0.39 is 11.6 Å². The molecule has 3 heterocycles. The first kappa shape index (κ1) is 29.2. The molecule has 0 atom stereocenters. The van der Waals surface area contributed by atoms with Gasteiger partial charge in [-0.25, -0.2) is 9.31 Å². The van der Waals surface area contributed by atoms with E-state index in [1.807, 2.05) is 52.4 Å². The van der Waals surface area contributed by atoms with Gasteiger partial charge in [-0.05, 0) is 62.6 Å². The molecule has 218 valence electrons. The van der Waals surface area contributed by atoms with Crippen LogP contribution in [-0.2, 0) is 27.4 Å². The largest absolute Gasteiger partial charge is 0.339 e. The third kappa shape index (κ3) is 5.86. The van der Waals surface area contributed by atoms with Crippen molar-refractivity contribution in [3.05, 3.63) is 87.6 Å². The summed E-state index contributed by atoms with van der Waals surface area (Å²) in [6.45, 7) is 5.51. The maximum absolute atomic E-state index is 14.4. The lowest BCUT2D eigenvalue weighted by molar-refractivity contribution is -0.340. The number of aromatic nitrogens is 4. The summed E-state index contributed by atoms with van der Waals surface area (Å²) in [7, 11) is 0. The van der Waals surface area contributed by atoms with Crippen LogP contribution >= 0.6 is 0 Å². The van der Waals surface area contributed by atoms with Crippen LogP contribution in [-0.4, -0.2) is 30.7 Å². The molecule has 0 spiro atoms. The van der Waals surface area contributed by atoms with Crippen molar-refractivity contribution >= 4 is 11.6 Å². The zero-order valence-corrected chi connectivity index (χ0v) is 24.5. The summed E-state index contributed by atoms with van der Waals surface area (Å²) in [5.41, 5.74) is 4.93. The standard InChI is InChI=1S/C33H37N5O4/c1-4-6-11-30-28(20-24-12-13-29(35-22-24)27-10-8-7-9-25(27)21-34)32(40)37(31-16-19-36-38(30)31)26-14-17-33(5-2,18-15-26)42-41-23(3)39/h7-10,12-13,16,19,22,26H,4-6,11,14-15,17-18,20H2,1-3H3. The van der Waals surface area contributed by atoms with Crippen molar-refractivity contribution in [1.82, 2.24) is 19.2 Å². The number of nitriles is 1. The van der Waals surface area contributed by atoms with Gasteiger partial charge in [-0.3, -0.25) is 19.2 Å². The molecule has 1 aliphatic rings. The second-order valence-electron chi connectivity index (χ2n) is 11.1. The van der Waals surface area contributed by atoms with E-state index in [2.05, 4.69) is 23.1 Å². The van der Waals surface area contributed by atoms with Gasteiger partial charge in [0.1, 0.15) is 11.2 Å². The first-order chi connectivity index (χ1) is 20.4. The van der Waals surface area contributed by atoms with E-state index in [1.165, 1.54) is 6.92 Å². The normalized spacial score (nSPS) is 18.6. The van der Waals surface area contributed by atoms with Crippen molar-refractivity contribution in [3.63, 3.8) is 0 Å². The van der Waals surface area contributed by atoms with Crippen molar-refractivity contribution < 1.29 is 14.6 Å². The predicted molar refractivity (Wildman–Crippen MR) is 159 cm³/mol. The molecule has 1 aromatic carbocycles. The molecule has 1 fully saturated rings. The Balaban J connectivity index is 1.50. The molecule has 4 aromatic rings. The van der Waals surface area contributed by atoms with E-state index in [0.29, 0.717) is 31.2 Å². The summed E-state index contributed by atoms with van der Waals surface area (Å²) >= 11 is 0. The summed E-state index contributed by atoms with van der Waals surface area (Å²) in [4.78, 5) is 41.0. The number of rotatable bonds is 10. The molecule has 42 heavy (non-hydrogen) atoms. The van der Waals surface area contributed by atoms with Crippen molar-refractivity contribution in [1.29, 1.82) is 5.26 Å². The van der Waals surface area contributed by atoms with Gasteiger partial charge in [0.15, 0.2) is 0 Å². The average molecular weight is 568 g/mol. The second kappa shape index (κ2) is 12.7. The van der Waals surface area contributed by atoms with Crippen molar-refractivity contribution in [3.8, 4) is 17.3 Å². The predicted octanol–water partition coefficient (Wildman–Crippen LogP) is 6.12. The minimum absolute atomic E-state index is 0.00269. The summed E-state index contributed by atoms with van der Waals surface area (Å²) in [6, 6.07) is 15.4. The zero-order chi connectivity index (χ0) is 29.7. The number of carbonyl (C=O) groups is 1.